The number of hydrogen-bond donors (Lipinski definition) is 3. The topological polar surface area (TPSA) is 94.7 Å². The number of benzene rings is 1. The quantitative estimate of drug-likeness (QED) is 0.426. The Morgan fingerprint density at radius 2 is 1.71 bits per heavy atom. The van der Waals surface area contributed by atoms with Crippen molar-refractivity contribution in [1.29, 1.82) is 11.1 Å². The van der Waals surface area contributed by atoms with Crippen LogP contribution in [0.3, 0.4) is 0 Å². The van der Waals surface area contributed by atoms with Gasteiger partial charge in [-0.05, 0) is 17.5 Å². The number of nitrogens with zero attached hydrogens (tertiary/aromatic N) is 1. The lowest BCUT2D eigenvalue weighted by molar-refractivity contribution is 0.928. The Labute approximate surface area is 79.4 Å². The SMILES string of the molecule is N=[N+]=N.O=c1ccc2ccccc2[nH]1. The van der Waals surface area contributed by atoms with E-state index in [0.29, 0.717) is 0 Å². The van der Waals surface area contributed by atoms with E-state index >= 15 is 0 Å². The average molecular weight is 189 g/mol. The zero-order valence-corrected chi connectivity index (χ0v) is 7.32. The van der Waals surface area contributed by atoms with Crippen LogP contribution in [-0.2, 0) is 0 Å². The summed E-state index contributed by atoms with van der Waals surface area (Å²) < 4.78 is 0. The fourth-order valence-electron chi connectivity index (χ4n) is 1.10. The van der Waals surface area contributed by atoms with Crippen molar-refractivity contribution in [1.82, 2.24) is 9.90 Å². The van der Waals surface area contributed by atoms with Gasteiger partial charge in [0.2, 0.25) is 10.5 Å². The van der Waals surface area contributed by atoms with Crippen LogP contribution < -0.4 is 10.5 Å². The molecule has 70 valence electrons. The molecule has 0 radical (unpaired) electrons. The maximum atomic E-state index is 10.8. The minimum absolute atomic E-state index is 0.0521. The molecule has 0 aliphatic carbocycles. The van der Waals surface area contributed by atoms with Gasteiger partial charge >= 0.3 is 0 Å². The molecule has 0 aliphatic rings. The molecule has 0 unspecified atom stereocenters. The second-order valence-corrected chi connectivity index (χ2v) is 2.52. The minimum Gasteiger partial charge on any atom is -0.322 e. The van der Waals surface area contributed by atoms with E-state index in [2.05, 4.69) is 4.98 Å². The van der Waals surface area contributed by atoms with Gasteiger partial charge in [0.05, 0.1) is 0 Å². The molecule has 0 aliphatic heterocycles. The summed E-state index contributed by atoms with van der Waals surface area (Å²) in [5, 5.41) is 1.06. The van der Waals surface area contributed by atoms with Gasteiger partial charge in [-0.1, -0.05) is 18.2 Å². The summed E-state index contributed by atoms with van der Waals surface area (Å²) in [5.74, 6) is 0. The van der Waals surface area contributed by atoms with E-state index in [-0.39, 0.29) is 5.56 Å². The summed E-state index contributed by atoms with van der Waals surface area (Å²) in [6, 6.07) is 11.0. The van der Waals surface area contributed by atoms with Crippen LogP contribution in [0.25, 0.3) is 10.9 Å². The number of aromatic nitrogens is 1. The summed E-state index contributed by atoms with van der Waals surface area (Å²) in [7, 11) is 0. The second kappa shape index (κ2) is 4.69. The zero-order chi connectivity index (χ0) is 10.4. The number of pyridine rings is 1. The van der Waals surface area contributed by atoms with Gasteiger partial charge in [-0.2, -0.15) is 0 Å². The third kappa shape index (κ3) is 2.36. The Bertz CT molecular complexity index is 511. The molecule has 0 amide bonds. The molecule has 0 atom stereocenters. The molecule has 1 heterocycles. The maximum absolute atomic E-state index is 10.8. The first-order valence-electron chi connectivity index (χ1n) is 3.89. The Morgan fingerprint density at radius 1 is 1.07 bits per heavy atom. The molecule has 14 heavy (non-hydrogen) atoms. The number of hydrogen-bond acceptors (Lipinski definition) is 3. The Kier molecular flexibility index (Phi) is 3.29. The second-order valence-electron chi connectivity index (χ2n) is 2.52. The van der Waals surface area contributed by atoms with Gasteiger partial charge in [-0.25, -0.2) is 0 Å². The molecule has 5 heteroatoms. The lowest BCUT2D eigenvalue weighted by Gasteiger charge is -1.93. The van der Waals surface area contributed by atoms with Crippen LogP contribution in [0.2, 0.25) is 0 Å². The zero-order valence-electron chi connectivity index (χ0n) is 7.32. The maximum Gasteiger partial charge on any atom is 0.248 e. The first kappa shape index (κ1) is 9.83. The number of rotatable bonds is 0. The van der Waals surface area contributed by atoms with Crippen LogP contribution in [0.4, 0.5) is 0 Å². The summed E-state index contributed by atoms with van der Waals surface area (Å²) >= 11 is 0. The standard InChI is InChI=1S/C9H7NO.H2N3/c11-9-6-5-7-3-1-2-4-8(7)10-9;1-3-2/h1-6H,(H,10,11);1-2H/q;+1. The van der Waals surface area contributed by atoms with Crippen molar-refractivity contribution in [2.45, 2.75) is 0 Å². The third-order valence-corrected chi connectivity index (χ3v) is 1.63. The van der Waals surface area contributed by atoms with Crippen molar-refractivity contribution >= 4 is 10.9 Å². The Balaban J connectivity index is 0.000000293. The number of aromatic amines is 1. The lowest BCUT2D eigenvalue weighted by Crippen LogP contribution is -2.01. The number of para-hydroxylation sites is 1. The molecule has 0 saturated carbocycles. The van der Waals surface area contributed by atoms with Crippen molar-refractivity contribution in [3.8, 4) is 0 Å². The van der Waals surface area contributed by atoms with E-state index in [0.717, 1.165) is 10.9 Å². The molecule has 0 fully saturated rings. The van der Waals surface area contributed by atoms with Crippen molar-refractivity contribution in [2.75, 3.05) is 0 Å². The summed E-state index contributed by atoms with van der Waals surface area (Å²) in [4.78, 5) is 15.6. The number of H-pyrrole nitrogens is 1. The predicted octanol–water partition coefficient (Wildman–Crippen LogP) is 1.64. The Morgan fingerprint density at radius 3 is 2.43 bits per heavy atom. The number of fused-ring (bicyclic) bond motifs is 1. The lowest BCUT2D eigenvalue weighted by atomic mass is 10.2. The van der Waals surface area contributed by atoms with Crippen LogP contribution in [0, 0.1) is 11.1 Å². The van der Waals surface area contributed by atoms with Crippen molar-refractivity contribution in [3.63, 3.8) is 0 Å². The highest BCUT2D eigenvalue weighted by molar-refractivity contribution is 5.77. The summed E-state index contributed by atoms with van der Waals surface area (Å²) in [6.07, 6.45) is 0. The van der Waals surface area contributed by atoms with Crippen LogP contribution in [0.1, 0.15) is 0 Å². The normalized spacial score (nSPS) is 8.57. The van der Waals surface area contributed by atoms with E-state index in [4.69, 9.17) is 11.1 Å². The molecular weight excluding hydrogens is 180 g/mol. The van der Waals surface area contributed by atoms with Gasteiger partial charge in [0, 0.05) is 11.6 Å². The molecule has 1 aromatic carbocycles. The van der Waals surface area contributed by atoms with Gasteiger partial charge in [0.1, 0.15) is 11.1 Å². The molecule has 2 rings (SSSR count). The van der Waals surface area contributed by atoms with Gasteiger partial charge in [-0.3, -0.25) is 4.79 Å². The van der Waals surface area contributed by atoms with Crippen LogP contribution in [0.5, 0.6) is 0 Å². The van der Waals surface area contributed by atoms with Gasteiger partial charge < -0.3 is 4.98 Å². The van der Waals surface area contributed by atoms with E-state index in [1.54, 1.807) is 0 Å². The highest BCUT2D eigenvalue weighted by Crippen LogP contribution is 2.06. The predicted molar refractivity (Wildman–Crippen MR) is 52.1 cm³/mol. The van der Waals surface area contributed by atoms with Crippen LogP contribution >= 0.6 is 0 Å². The smallest absolute Gasteiger partial charge is 0.248 e. The molecule has 0 bridgehead atoms. The third-order valence-electron chi connectivity index (χ3n) is 1.63. The largest absolute Gasteiger partial charge is 0.322 e. The molecular formula is C9H9N4O+. The summed E-state index contributed by atoms with van der Waals surface area (Å²) in [5.41, 5.74) is 11.8. The fourth-order valence-corrected chi connectivity index (χ4v) is 1.10. The first-order valence-corrected chi connectivity index (χ1v) is 3.89. The van der Waals surface area contributed by atoms with E-state index < -0.39 is 0 Å². The van der Waals surface area contributed by atoms with Crippen molar-refractivity contribution in [2.24, 2.45) is 0 Å². The molecule has 0 saturated heterocycles. The average Bonchev–Trinajstić information content (AvgIpc) is 2.19. The van der Waals surface area contributed by atoms with Crippen LogP contribution in [-0.4, -0.2) is 4.98 Å². The molecule has 5 nitrogen and oxygen atoms in total. The van der Waals surface area contributed by atoms with E-state index in [9.17, 15) is 4.79 Å². The van der Waals surface area contributed by atoms with Gasteiger partial charge in [0.15, 0.2) is 0 Å². The highest BCUT2D eigenvalue weighted by Gasteiger charge is 1.89. The molecule has 3 N–H and O–H groups in total. The molecule has 1 aromatic heterocycles. The fraction of sp³-hybridized carbons (Fsp3) is 0. The van der Waals surface area contributed by atoms with Crippen molar-refractivity contribution < 1.29 is 0 Å². The van der Waals surface area contributed by atoms with Gasteiger partial charge in [-0.15, -0.1) is 0 Å². The van der Waals surface area contributed by atoms with E-state index in [1.165, 1.54) is 6.07 Å². The highest BCUT2D eigenvalue weighted by atomic mass is 16.1. The number of nitrogens with one attached hydrogen (secondary N) is 3. The van der Waals surface area contributed by atoms with Crippen LogP contribution in [0.15, 0.2) is 41.2 Å². The first-order chi connectivity index (χ1) is 6.77. The van der Waals surface area contributed by atoms with Crippen molar-refractivity contribution in [3.05, 3.63) is 46.8 Å². The summed E-state index contributed by atoms with van der Waals surface area (Å²) in [6.45, 7) is 0. The minimum atomic E-state index is -0.0521. The molecule has 2 aromatic rings. The molecule has 0 spiro atoms. The Hall–Kier alpha value is -2.26. The monoisotopic (exact) mass is 189 g/mol. The van der Waals surface area contributed by atoms with Gasteiger partial charge in [0.25, 0.3) is 0 Å². The van der Waals surface area contributed by atoms with E-state index in [1.807, 2.05) is 35.2 Å².